The number of nitrogens with two attached hydrogens (primary N) is 1. The summed E-state index contributed by atoms with van der Waals surface area (Å²) in [7, 11) is 4.19. The number of nitrogens with one attached hydrogen (secondary N) is 1. The Morgan fingerprint density at radius 2 is 2.15 bits per heavy atom. The van der Waals surface area contributed by atoms with Gasteiger partial charge in [-0.3, -0.25) is 5.84 Å². The molecule has 0 aromatic heterocycles. The van der Waals surface area contributed by atoms with E-state index in [2.05, 4.69) is 29.3 Å². The molecule has 3 rings (SSSR count). The van der Waals surface area contributed by atoms with E-state index >= 15 is 0 Å². The first-order chi connectivity index (χ1) is 9.47. The molecule has 4 nitrogen and oxygen atoms in total. The molecular formula is C14H20ClFN4. The normalized spacial score (nSPS) is 23.7. The molecule has 1 aromatic rings. The number of halogens is 2. The van der Waals surface area contributed by atoms with Gasteiger partial charge < -0.3 is 15.2 Å². The molecule has 110 valence electrons. The van der Waals surface area contributed by atoms with Gasteiger partial charge in [-0.05, 0) is 39.1 Å². The second-order valence-corrected chi connectivity index (χ2v) is 6.59. The predicted octanol–water partition coefficient (Wildman–Crippen LogP) is 2.30. The number of benzene rings is 1. The summed E-state index contributed by atoms with van der Waals surface area (Å²) in [5, 5.41) is 0.493. The molecule has 0 bridgehead atoms. The van der Waals surface area contributed by atoms with Gasteiger partial charge in [0.2, 0.25) is 0 Å². The van der Waals surface area contributed by atoms with Crippen molar-refractivity contribution in [3.63, 3.8) is 0 Å². The van der Waals surface area contributed by atoms with E-state index in [4.69, 9.17) is 17.4 Å². The maximum Gasteiger partial charge on any atom is 0.170 e. The van der Waals surface area contributed by atoms with Crippen LogP contribution in [0.25, 0.3) is 0 Å². The zero-order valence-electron chi connectivity index (χ0n) is 11.8. The van der Waals surface area contributed by atoms with Crippen molar-refractivity contribution in [1.82, 2.24) is 4.90 Å². The molecule has 2 fully saturated rings. The third kappa shape index (κ3) is 2.14. The average Bonchev–Trinajstić information content (AvgIpc) is 3.04. The Hall–Kier alpha value is -1.04. The van der Waals surface area contributed by atoms with Crippen LogP contribution in [0.1, 0.15) is 12.8 Å². The van der Waals surface area contributed by atoms with E-state index in [1.165, 1.54) is 18.9 Å². The zero-order valence-corrected chi connectivity index (χ0v) is 12.5. The molecule has 1 saturated carbocycles. The van der Waals surface area contributed by atoms with Gasteiger partial charge in [0.15, 0.2) is 5.82 Å². The first-order valence-corrected chi connectivity index (χ1v) is 7.22. The van der Waals surface area contributed by atoms with E-state index in [0.717, 1.165) is 13.1 Å². The minimum absolute atomic E-state index is 0.241. The standard InChI is InChI=1S/C14H20ClFN4/c1-19(2)12-7-20(8-14(12)3-4-14)11-6-9(15)5-10(18-17)13(11)16/h5-6,12,18H,3-4,7-8,17H2,1-2H3. The van der Waals surface area contributed by atoms with Gasteiger partial charge in [-0.15, -0.1) is 0 Å². The van der Waals surface area contributed by atoms with Crippen LogP contribution in [0.2, 0.25) is 5.02 Å². The molecule has 3 N–H and O–H groups in total. The van der Waals surface area contributed by atoms with Gasteiger partial charge in [-0.2, -0.15) is 0 Å². The number of rotatable bonds is 3. The van der Waals surface area contributed by atoms with E-state index in [1.807, 2.05) is 0 Å². The summed E-state index contributed by atoms with van der Waals surface area (Å²) in [5.41, 5.74) is 3.49. The van der Waals surface area contributed by atoms with Crippen molar-refractivity contribution in [1.29, 1.82) is 0 Å². The molecule has 1 saturated heterocycles. The quantitative estimate of drug-likeness (QED) is 0.664. The average molecular weight is 299 g/mol. The Morgan fingerprint density at radius 3 is 2.65 bits per heavy atom. The van der Waals surface area contributed by atoms with Crippen LogP contribution < -0.4 is 16.2 Å². The molecule has 1 unspecified atom stereocenters. The number of hydrogen-bond acceptors (Lipinski definition) is 4. The molecule has 2 aliphatic rings. The van der Waals surface area contributed by atoms with Crippen molar-refractivity contribution < 1.29 is 4.39 Å². The zero-order chi connectivity index (χ0) is 14.5. The van der Waals surface area contributed by atoms with Crippen molar-refractivity contribution in [3.05, 3.63) is 23.0 Å². The lowest BCUT2D eigenvalue weighted by atomic mass is 10.0. The van der Waals surface area contributed by atoms with Gasteiger partial charge in [0.05, 0.1) is 11.4 Å². The first kappa shape index (κ1) is 13.9. The molecule has 1 aliphatic carbocycles. The van der Waals surface area contributed by atoms with Gasteiger partial charge in [0.25, 0.3) is 0 Å². The van der Waals surface area contributed by atoms with Gasteiger partial charge >= 0.3 is 0 Å². The van der Waals surface area contributed by atoms with Crippen molar-refractivity contribution in [3.8, 4) is 0 Å². The molecule has 20 heavy (non-hydrogen) atoms. The third-order valence-corrected chi connectivity index (χ3v) is 4.85. The van der Waals surface area contributed by atoms with Gasteiger partial charge in [-0.25, -0.2) is 4.39 Å². The van der Waals surface area contributed by atoms with Gasteiger partial charge in [0.1, 0.15) is 0 Å². The highest BCUT2D eigenvalue weighted by Gasteiger charge is 2.56. The van der Waals surface area contributed by atoms with Gasteiger partial charge in [0, 0.05) is 29.6 Å². The number of nitrogen functional groups attached to an aromatic ring is 1. The lowest BCUT2D eigenvalue weighted by Gasteiger charge is -2.24. The highest BCUT2D eigenvalue weighted by Crippen LogP contribution is 2.55. The number of hydrazine groups is 1. The fraction of sp³-hybridized carbons (Fsp3) is 0.571. The fourth-order valence-electron chi connectivity index (χ4n) is 3.41. The summed E-state index contributed by atoms with van der Waals surface area (Å²) in [6.07, 6.45) is 2.44. The summed E-state index contributed by atoms with van der Waals surface area (Å²) in [5.74, 6) is 5.03. The highest BCUT2D eigenvalue weighted by atomic mass is 35.5. The summed E-state index contributed by atoms with van der Waals surface area (Å²) in [6.45, 7) is 1.71. The molecule has 1 heterocycles. The predicted molar refractivity (Wildman–Crippen MR) is 80.6 cm³/mol. The van der Waals surface area contributed by atoms with Crippen LogP contribution in [0.3, 0.4) is 0 Å². The van der Waals surface area contributed by atoms with E-state index in [-0.39, 0.29) is 11.5 Å². The van der Waals surface area contributed by atoms with E-state index < -0.39 is 0 Å². The maximum absolute atomic E-state index is 14.4. The van der Waals surface area contributed by atoms with Crippen LogP contribution in [0.4, 0.5) is 15.8 Å². The molecule has 1 spiro atoms. The van der Waals surface area contributed by atoms with Crippen molar-refractivity contribution in [2.24, 2.45) is 11.3 Å². The SMILES string of the molecule is CN(C)C1CN(c2cc(Cl)cc(NN)c2F)CC12CC2. The summed E-state index contributed by atoms with van der Waals surface area (Å²) in [6, 6.07) is 3.66. The molecular weight excluding hydrogens is 279 g/mol. The summed E-state index contributed by atoms with van der Waals surface area (Å²) in [4.78, 5) is 4.34. The van der Waals surface area contributed by atoms with Crippen molar-refractivity contribution in [2.45, 2.75) is 18.9 Å². The van der Waals surface area contributed by atoms with Crippen LogP contribution in [0, 0.1) is 11.2 Å². The Balaban J connectivity index is 1.93. The topological polar surface area (TPSA) is 44.5 Å². The second kappa shape index (κ2) is 4.76. The maximum atomic E-state index is 14.4. The van der Waals surface area contributed by atoms with E-state index in [1.54, 1.807) is 6.07 Å². The molecule has 1 aliphatic heterocycles. The Kier molecular flexibility index (Phi) is 3.31. The number of anilines is 2. The van der Waals surface area contributed by atoms with E-state index in [9.17, 15) is 4.39 Å². The van der Waals surface area contributed by atoms with Crippen LogP contribution in [-0.2, 0) is 0 Å². The number of likely N-dealkylation sites (N-methyl/N-ethyl adjacent to an activating group) is 1. The van der Waals surface area contributed by atoms with Gasteiger partial charge in [-0.1, -0.05) is 11.6 Å². The van der Waals surface area contributed by atoms with Crippen LogP contribution in [-0.4, -0.2) is 38.1 Å². The molecule has 1 atom stereocenters. The van der Waals surface area contributed by atoms with Crippen LogP contribution in [0.5, 0.6) is 0 Å². The van der Waals surface area contributed by atoms with Crippen LogP contribution in [0.15, 0.2) is 12.1 Å². The Bertz CT molecular complexity index is 530. The smallest absolute Gasteiger partial charge is 0.170 e. The molecule has 0 amide bonds. The van der Waals surface area contributed by atoms with Crippen molar-refractivity contribution >= 4 is 23.0 Å². The Labute approximate surface area is 123 Å². The highest BCUT2D eigenvalue weighted by molar-refractivity contribution is 6.31. The lowest BCUT2D eigenvalue weighted by Crippen LogP contribution is -2.36. The Morgan fingerprint density at radius 1 is 1.45 bits per heavy atom. The molecule has 1 aromatic carbocycles. The van der Waals surface area contributed by atoms with E-state index in [0.29, 0.717) is 22.2 Å². The number of hydrogen-bond donors (Lipinski definition) is 2. The van der Waals surface area contributed by atoms with Crippen LogP contribution >= 0.6 is 11.6 Å². The minimum Gasteiger partial charge on any atom is -0.367 e. The third-order valence-electron chi connectivity index (χ3n) is 4.64. The monoisotopic (exact) mass is 298 g/mol. The molecule has 6 heteroatoms. The molecule has 0 radical (unpaired) electrons. The van der Waals surface area contributed by atoms with Crippen molar-refractivity contribution in [2.75, 3.05) is 37.5 Å². The second-order valence-electron chi connectivity index (χ2n) is 6.15. The lowest BCUT2D eigenvalue weighted by molar-refractivity contribution is 0.241. The largest absolute Gasteiger partial charge is 0.367 e. The summed E-state index contributed by atoms with van der Waals surface area (Å²) >= 11 is 6.07. The first-order valence-electron chi connectivity index (χ1n) is 6.84. The number of nitrogens with zero attached hydrogens (tertiary/aromatic N) is 2. The minimum atomic E-state index is -0.327. The summed E-state index contributed by atoms with van der Waals surface area (Å²) < 4.78 is 14.4. The fourth-order valence-corrected chi connectivity index (χ4v) is 3.62.